The summed E-state index contributed by atoms with van der Waals surface area (Å²) in [4.78, 5) is 18.8. The predicted molar refractivity (Wildman–Crippen MR) is 104 cm³/mol. The summed E-state index contributed by atoms with van der Waals surface area (Å²) in [5.41, 5.74) is 1.07. The number of urea groups is 1. The van der Waals surface area contributed by atoms with Crippen molar-refractivity contribution in [2.75, 3.05) is 11.9 Å². The standard InChI is InChI=1S/C19H15Cl2FN4O2/c20-13-3-1-4-14(16(13)21)23-19(27)26-10-2-5-15(26)18-24-17(25-28-18)11-6-8-12(22)9-7-11/h1,3-4,6-9,15H,2,5,10H2,(H,23,27). The molecule has 0 radical (unpaired) electrons. The minimum Gasteiger partial charge on any atom is -0.337 e. The Bertz CT molecular complexity index is 1010. The maximum Gasteiger partial charge on any atom is 0.322 e. The van der Waals surface area contributed by atoms with E-state index in [2.05, 4.69) is 15.5 Å². The van der Waals surface area contributed by atoms with Gasteiger partial charge in [-0.05, 0) is 49.2 Å². The van der Waals surface area contributed by atoms with Gasteiger partial charge in [0.15, 0.2) is 0 Å². The molecule has 0 spiro atoms. The summed E-state index contributed by atoms with van der Waals surface area (Å²) in [6.07, 6.45) is 1.50. The fourth-order valence-electron chi connectivity index (χ4n) is 3.14. The number of anilines is 1. The Kier molecular flexibility index (Phi) is 5.19. The number of rotatable bonds is 3. The fraction of sp³-hybridized carbons (Fsp3) is 0.211. The van der Waals surface area contributed by atoms with Crippen molar-refractivity contribution in [3.63, 3.8) is 0 Å². The van der Waals surface area contributed by atoms with Gasteiger partial charge in [-0.1, -0.05) is 34.4 Å². The lowest BCUT2D eigenvalue weighted by Gasteiger charge is -2.22. The van der Waals surface area contributed by atoms with Crippen LogP contribution >= 0.6 is 23.2 Å². The van der Waals surface area contributed by atoms with Crippen molar-refractivity contribution in [1.82, 2.24) is 15.0 Å². The summed E-state index contributed by atoms with van der Waals surface area (Å²) in [6.45, 7) is 0.545. The minimum atomic E-state index is -0.348. The number of halogens is 3. The van der Waals surface area contributed by atoms with Crippen LogP contribution in [0.5, 0.6) is 0 Å². The Morgan fingerprint density at radius 1 is 1.21 bits per heavy atom. The van der Waals surface area contributed by atoms with Crippen molar-refractivity contribution < 1.29 is 13.7 Å². The number of carbonyl (C=O) groups excluding carboxylic acids is 1. The summed E-state index contributed by atoms with van der Waals surface area (Å²) in [6, 6.07) is 10.2. The highest BCUT2D eigenvalue weighted by molar-refractivity contribution is 6.43. The van der Waals surface area contributed by atoms with Gasteiger partial charge in [-0.25, -0.2) is 9.18 Å². The molecular formula is C19H15Cl2FN4O2. The van der Waals surface area contributed by atoms with E-state index in [0.29, 0.717) is 41.0 Å². The molecule has 1 aliphatic heterocycles. The third-order valence-corrected chi connectivity index (χ3v) is 5.35. The topological polar surface area (TPSA) is 71.3 Å². The Balaban J connectivity index is 1.53. The van der Waals surface area contributed by atoms with Crippen molar-refractivity contribution >= 4 is 34.9 Å². The Labute approximate surface area is 170 Å². The molecular weight excluding hydrogens is 406 g/mol. The molecule has 2 aromatic carbocycles. The molecule has 144 valence electrons. The summed E-state index contributed by atoms with van der Waals surface area (Å²) in [5, 5.41) is 7.38. The molecule has 1 unspecified atom stereocenters. The second-order valence-electron chi connectivity index (χ2n) is 6.35. The molecule has 1 fully saturated rings. The van der Waals surface area contributed by atoms with Crippen LogP contribution in [-0.4, -0.2) is 27.6 Å². The van der Waals surface area contributed by atoms with Gasteiger partial charge >= 0.3 is 6.03 Å². The normalized spacial score (nSPS) is 16.4. The van der Waals surface area contributed by atoms with Crippen molar-refractivity contribution in [3.8, 4) is 11.4 Å². The smallest absolute Gasteiger partial charge is 0.322 e. The van der Waals surface area contributed by atoms with Gasteiger partial charge in [-0.3, -0.25) is 0 Å². The van der Waals surface area contributed by atoms with Gasteiger partial charge < -0.3 is 14.7 Å². The lowest BCUT2D eigenvalue weighted by Crippen LogP contribution is -2.34. The van der Waals surface area contributed by atoms with Gasteiger partial charge in [0.25, 0.3) is 0 Å². The summed E-state index contributed by atoms with van der Waals surface area (Å²) in [7, 11) is 0. The van der Waals surface area contributed by atoms with Gasteiger partial charge in [0.1, 0.15) is 11.9 Å². The molecule has 1 aliphatic rings. The Morgan fingerprint density at radius 2 is 2.00 bits per heavy atom. The first kappa shape index (κ1) is 18.7. The number of nitrogens with one attached hydrogen (secondary N) is 1. The summed E-state index contributed by atoms with van der Waals surface area (Å²) in [5.74, 6) is 0.343. The largest absolute Gasteiger partial charge is 0.337 e. The minimum absolute atomic E-state index is 0.282. The van der Waals surface area contributed by atoms with Crippen LogP contribution in [0.2, 0.25) is 10.0 Å². The van der Waals surface area contributed by atoms with Crippen LogP contribution in [-0.2, 0) is 0 Å². The van der Waals surface area contributed by atoms with E-state index in [9.17, 15) is 9.18 Å². The van der Waals surface area contributed by atoms with Gasteiger partial charge in [-0.15, -0.1) is 0 Å². The number of nitrogens with zero attached hydrogens (tertiary/aromatic N) is 3. The highest BCUT2D eigenvalue weighted by Gasteiger charge is 2.34. The van der Waals surface area contributed by atoms with E-state index in [-0.39, 0.29) is 22.9 Å². The van der Waals surface area contributed by atoms with Crippen LogP contribution in [0.15, 0.2) is 47.0 Å². The van der Waals surface area contributed by atoms with E-state index < -0.39 is 0 Å². The molecule has 1 aromatic heterocycles. The van der Waals surface area contributed by atoms with Gasteiger partial charge in [0, 0.05) is 12.1 Å². The molecule has 1 N–H and O–H groups in total. The first-order valence-corrected chi connectivity index (χ1v) is 9.39. The number of likely N-dealkylation sites (tertiary alicyclic amines) is 1. The molecule has 4 rings (SSSR count). The zero-order chi connectivity index (χ0) is 19.7. The Hall–Kier alpha value is -2.64. The van der Waals surface area contributed by atoms with Crippen LogP contribution in [0.3, 0.4) is 0 Å². The zero-order valence-electron chi connectivity index (χ0n) is 14.5. The number of amides is 2. The lowest BCUT2D eigenvalue weighted by atomic mass is 10.2. The van der Waals surface area contributed by atoms with Gasteiger partial charge in [0.2, 0.25) is 11.7 Å². The third kappa shape index (κ3) is 3.68. The van der Waals surface area contributed by atoms with Crippen molar-refractivity contribution in [1.29, 1.82) is 0 Å². The quantitative estimate of drug-likeness (QED) is 0.602. The second-order valence-corrected chi connectivity index (χ2v) is 7.13. The van der Waals surface area contributed by atoms with Crippen LogP contribution in [0, 0.1) is 5.82 Å². The molecule has 9 heteroatoms. The second kappa shape index (κ2) is 7.77. The van der Waals surface area contributed by atoms with Crippen LogP contribution in [0.1, 0.15) is 24.8 Å². The third-order valence-electron chi connectivity index (χ3n) is 4.54. The maximum atomic E-state index is 13.1. The number of benzene rings is 2. The average molecular weight is 421 g/mol. The van der Waals surface area contributed by atoms with E-state index in [1.165, 1.54) is 12.1 Å². The number of carbonyl (C=O) groups is 1. The zero-order valence-corrected chi connectivity index (χ0v) is 16.0. The molecule has 3 aromatic rings. The fourth-order valence-corrected chi connectivity index (χ4v) is 3.49. The Morgan fingerprint density at radius 3 is 2.79 bits per heavy atom. The van der Waals surface area contributed by atoms with Gasteiger partial charge in [-0.2, -0.15) is 4.98 Å². The molecule has 1 atom stereocenters. The highest BCUT2D eigenvalue weighted by atomic mass is 35.5. The van der Waals surface area contributed by atoms with E-state index in [0.717, 1.165) is 6.42 Å². The van der Waals surface area contributed by atoms with Crippen LogP contribution in [0.25, 0.3) is 11.4 Å². The monoisotopic (exact) mass is 420 g/mol. The van der Waals surface area contributed by atoms with Crippen molar-refractivity contribution in [3.05, 3.63) is 64.2 Å². The molecule has 0 aliphatic carbocycles. The molecule has 6 nitrogen and oxygen atoms in total. The van der Waals surface area contributed by atoms with Crippen molar-refractivity contribution in [2.45, 2.75) is 18.9 Å². The first-order chi connectivity index (χ1) is 13.5. The predicted octanol–water partition coefficient (Wildman–Crippen LogP) is 5.55. The molecule has 1 saturated heterocycles. The van der Waals surface area contributed by atoms with Crippen molar-refractivity contribution in [2.24, 2.45) is 0 Å². The number of aromatic nitrogens is 2. The van der Waals surface area contributed by atoms with Crippen LogP contribution < -0.4 is 5.32 Å². The SMILES string of the molecule is O=C(Nc1cccc(Cl)c1Cl)N1CCCC1c1nc(-c2ccc(F)cc2)no1. The highest BCUT2D eigenvalue weighted by Crippen LogP contribution is 2.34. The summed E-state index contributed by atoms with van der Waals surface area (Å²) >= 11 is 12.1. The van der Waals surface area contributed by atoms with Gasteiger partial charge in [0.05, 0.1) is 15.7 Å². The number of hydrogen-bond donors (Lipinski definition) is 1. The van der Waals surface area contributed by atoms with E-state index >= 15 is 0 Å². The van der Waals surface area contributed by atoms with Crippen LogP contribution in [0.4, 0.5) is 14.9 Å². The molecule has 2 heterocycles. The molecule has 0 bridgehead atoms. The summed E-state index contributed by atoms with van der Waals surface area (Å²) < 4.78 is 18.5. The van der Waals surface area contributed by atoms with E-state index in [1.54, 1.807) is 35.2 Å². The van der Waals surface area contributed by atoms with E-state index in [1.807, 2.05) is 0 Å². The lowest BCUT2D eigenvalue weighted by molar-refractivity contribution is 0.193. The number of hydrogen-bond acceptors (Lipinski definition) is 4. The maximum absolute atomic E-state index is 13.1. The molecule has 2 amide bonds. The first-order valence-electron chi connectivity index (χ1n) is 8.64. The molecule has 0 saturated carbocycles. The molecule has 28 heavy (non-hydrogen) atoms. The van der Waals surface area contributed by atoms with E-state index in [4.69, 9.17) is 27.7 Å². The average Bonchev–Trinajstić information content (AvgIpc) is 3.35.